The van der Waals surface area contributed by atoms with E-state index >= 15 is 0 Å². The first-order valence-electron chi connectivity index (χ1n) is 6.11. The highest BCUT2D eigenvalue weighted by Crippen LogP contribution is 2.45. The van der Waals surface area contributed by atoms with Crippen LogP contribution in [0.1, 0.15) is 33.1 Å². The lowest BCUT2D eigenvalue weighted by Gasteiger charge is -2.37. The molecular formula is C13H18BrClO3. The Morgan fingerprint density at radius 1 is 1.56 bits per heavy atom. The fraction of sp³-hybridized carbons (Fsp3) is 0.769. The summed E-state index contributed by atoms with van der Waals surface area (Å²) in [6.07, 6.45) is 4.43. The Labute approximate surface area is 121 Å². The molecule has 1 aliphatic heterocycles. The van der Waals surface area contributed by atoms with Crippen LogP contribution in [0.2, 0.25) is 0 Å². The van der Waals surface area contributed by atoms with Gasteiger partial charge in [0.2, 0.25) is 5.79 Å². The van der Waals surface area contributed by atoms with Crippen molar-refractivity contribution in [3.05, 3.63) is 11.6 Å². The number of hydrogen-bond acceptors (Lipinski definition) is 3. The van der Waals surface area contributed by atoms with E-state index in [1.807, 2.05) is 6.92 Å². The number of hydrogen-bond donors (Lipinski definition) is 0. The second-order valence-electron chi connectivity index (χ2n) is 5.43. The van der Waals surface area contributed by atoms with Crippen LogP contribution in [-0.4, -0.2) is 28.6 Å². The Hall–Kier alpha value is -0.0600. The zero-order valence-electron chi connectivity index (χ0n) is 10.8. The van der Waals surface area contributed by atoms with Gasteiger partial charge in [-0.3, -0.25) is 0 Å². The molecule has 102 valence electrons. The Balaban J connectivity index is 2.14. The van der Waals surface area contributed by atoms with Crippen molar-refractivity contribution >= 4 is 33.5 Å². The van der Waals surface area contributed by atoms with Crippen molar-refractivity contribution in [2.75, 3.05) is 7.11 Å². The van der Waals surface area contributed by atoms with Crippen molar-refractivity contribution in [2.45, 2.75) is 48.6 Å². The van der Waals surface area contributed by atoms with E-state index in [9.17, 15) is 4.79 Å². The summed E-state index contributed by atoms with van der Waals surface area (Å²) in [4.78, 5) is 11.9. The fourth-order valence-corrected chi connectivity index (χ4v) is 3.39. The van der Waals surface area contributed by atoms with Crippen LogP contribution >= 0.6 is 27.5 Å². The molecule has 1 fully saturated rings. The molecule has 0 spiro atoms. The first-order valence-corrected chi connectivity index (χ1v) is 7.41. The molecule has 18 heavy (non-hydrogen) atoms. The van der Waals surface area contributed by atoms with Crippen LogP contribution in [0.15, 0.2) is 11.6 Å². The maximum Gasteiger partial charge on any atom is 0.336 e. The number of rotatable bonds is 2. The van der Waals surface area contributed by atoms with Crippen LogP contribution in [-0.2, 0) is 14.3 Å². The van der Waals surface area contributed by atoms with Gasteiger partial charge in [-0.25, -0.2) is 4.79 Å². The molecule has 3 nitrogen and oxygen atoms in total. The zero-order valence-corrected chi connectivity index (χ0v) is 13.2. The van der Waals surface area contributed by atoms with Crippen molar-refractivity contribution in [1.29, 1.82) is 0 Å². The molecule has 0 aromatic heterocycles. The Kier molecular flexibility index (Phi) is 3.83. The fourth-order valence-electron chi connectivity index (χ4n) is 2.51. The van der Waals surface area contributed by atoms with Gasteiger partial charge >= 0.3 is 5.97 Å². The molecule has 0 radical (unpaired) electrons. The molecule has 1 heterocycles. The monoisotopic (exact) mass is 336 g/mol. The topological polar surface area (TPSA) is 35.5 Å². The summed E-state index contributed by atoms with van der Waals surface area (Å²) in [6, 6.07) is 0. The largest absolute Gasteiger partial charge is 0.426 e. The van der Waals surface area contributed by atoms with Gasteiger partial charge in [0, 0.05) is 24.4 Å². The van der Waals surface area contributed by atoms with Gasteiger partial charge in [-0.15, -0.1) is 11.6 Å². The van der Waals surface area contributed by atoms with Crippen LogP contribution in [0.25, 0.3) is 0 Å². The third kappa shape index (κ3) is 2.61. The minimum atomic E-state index is -0.907. The van der Waals surface area contributed by atoms with Gasteiger partial charge in [-0.2, -0.15) is 0 Å². The number of ether oxygens (including phenoxy) is 2. The van der Waals surface area contributed by atoms with Gasteiger partial charge < -0.3 is 9.47 Å². The van der Waals surface area contributed by atoms with Crippen LogP contribution < -0.4 is 0 Å². The first-order chi connectivity index (χ1) is 8.27. The summed E-state index contributed by atoms with van der Waals surface area (Å²) >= 11 is 10.0. The Morgan fingerprint density at radius 2 is 2.22 bits per heavy atom. The highest BCUT2D eigenvalue weighted by molar-refractivity contribution is 9.09. The number of cyclic esters (lactones) is 1. The van der Waals surface area contributed by atoms with Gasteiger partial charge in [-0.05, 0) is 38.2 Å². The summed E-state index contributed by atoms with van der Waals surface area (Å²) < 4.78 is 10.4. The number of alkyl halides is 2. The van der Waals surface area contributed by atoms with E-state index < -0.39 is 5.79 Å². The predicted molar refractivity (Wildman–Crippen MR) is 73.9 cm³/mol. The SMILES string of the molecule is CO[C@]1(C)C=C([C@@H]2CC[C@@](C)(Cl)[C@H](Br)C2)C(=O)O1. The van der Waals surface area contributed by atoms with Crippen molar-refractivity contribution in [3.8, 4) is 0 Å². The molecule has 2 aliphatic rings. The van der Waals surface area contributed by atoms with Gasteiger partial charge in [0.1, 0.15) is 0 Å². The third-order valence-corrected chi connectivity index (χ3v) is 6.02. The summed E-state index contributed by atoms with van der Waals surface area (Å²) in [5.41, 5.74) is 0.732. The van der Waals surface area contributed by atoms with Crippen LogP contribution in [0.3, 0.4) is 0 Å². The van der Waals surface area contributed by atoms with Gasteiger partial charge in [0.15, 0.2) is 0 Å². The minimum Gasteiger partial charge on any atom is -0.426 e. The van der Waals surface area contributed by atoms with E-state index in [4.69, 9.17) is 21.1 Å². The molecular weight excluding hydrogens is 319 g/mol. The highest BCUT2D eigenvalue weighted by Gasteiger charge is 2.44. The van der Waals surface area contributed by atoms with Crippen LogP contribution in [0, 0.1) is 5.92 Å². The highest BCUT2D eigenvalue weighted by atomic mass is 79.9. The van der Waals surface area contributed by atoms with Crippen LogP contribution in [0.4, 0.5) is 0 Å². The zero-order chi connectivity index (χ0) is 13.6. The lowest BCUT2D eigenvalue weighted by Crippen LogP contribution is -2.37. The third-order valence-electron chi connectivity index (χ3n) is 3.92. The summed E-state index contributed by atoms with van der Waals surface area (Å²) in [5.74, 6) is -0.969. The van der Waals surface area contributed by atoms with E-state index in [1.165, 1.54) is 7.11 Å². The van der Waals surface area contributed by atoms with E-state index in [2.05, 4.69) is 15.9 Å². The molecule has 0 aromatic carbocycles. The lowest BCUT2D eigenvalue weighted by atomic mass is 9.78. The van der Waals surface area contributed by atoms with E-state index in [-0.39, 0.29) is 21.6 Å². The molecule has 1 saturated carbocycles. The summed E-state index contributed by atoms with van der Waals surface area (Å²) in [5, 5.41) is 0. The molecule has 5 heteroatoms. The van der Waals surface area contributed by atoms with Crippen molar-refractivity contribution < 1.29 is 14.3 Å². The predicted octanol–water partition coefficient (Wildman–Crippen LogP) is 3.39. The van der Waals surface area contributed by atoms with Gasteiger partial charge in [0.25, 0.3) is 0 Å². The van der Waals surface area contributed by atoms with Crippen molar-refractivity contribution in [3.63, 3.8) is 0 Å². The summed E-state index contributed by atoms with van der Waals surface area (Å²) in [7, 11) is 1.54. The van der Waals surface area contributed by atoms with Crippen LogP contribution in [0.5, 0.6) is 0 Å². The minimum absolute atomic E-state index is 0.200. The molecule has 2 rings (SSSR count). The summed E-state index contributed by atoms with van der Waals surface area (Å²) in [6.45, 7) is 3.78. The quantitative estimate of drug-likeness (QED) is 0.572. The van der Waals surface area contributed by atoms with E-state index in [1.54, 1.807) is 13.0 Å². The Bertz CT molecular complexity index is 394. The average molecular weight is 338 g/mol. The second kappa shape index (κ2) is 4.80. The van der Waals surface area contributed by atoms with E-state index in [0.717, 1.165) is 24.8 Å². The van der Waals surface area contributed by atoms with E-state index in [0.29, 0.717) is 0 Å². The normalized spacial score (nSPS) is 44.7. The van der Waals surface area contributed by atoms with Gasteiger partial charge in [0.05, 0.1) is 4.87 Å². The first kappa shape index (κ1) is 14.4. The number of methoxy groups -OCH3 is 1. The number of halogens is 2. The average Bonchev–Trinajstić information content (AvgIpc) is 2.59. The Morgan fingerprint density at radius 3 is 2.72 bits per heavy atom. The molecule has 0 N–H and O–H groups in total. The van der Waals surface area contributed by atoms with Gasteiger partial charge in [-0.1, -0.05) is 15.9 Å². The number of esters is 1. The molecule has 0 saturated heterocycles. The number of carbonyl (C=O) groups excluding carboxylic acids is 1. The molecule has 4 atom stereocenters. The van der Waals surface area contributed by atoms with Crippen molar-refractivity contribution in [1.82, 2.24) is 0 Å². The lowest BCUT2D eigenvalue weighted by molar-refractivity contribution is -0.182. The second-order valence-corrected chi connectivity index (χ2v) is 7.39. The molecule has 0 bridgehead atoms. The molecule has 1 aliphatic carbocycles. The standard InChI is InChI=1S/C13H18BrClO3/c1-12(15)5-4-8(6-10(12)14)9-7-13(2,17-3)18-11(9)16/h7-8,10H,4-6H2,1-3H3/t8-,10-,12-,13+/m1/s1. The molecule has 0 unspecified atom stereocenters. The smallest absolute Gasteiger partial charge is 0.336 e. The number of carbonyl (C=O) groups is 1. The molecule has 0 aromatic rings. The maximum atomic E-state index is 11.9. The molecule has 0 amide bonds. The van der Waals surface area contributed by atoms with Crippen molar-refractivity contribution in [2.24, 2.45) is 5.92 Å². The maximum absolute atomic E-state index is 11.9.